The summed E-state index contributed by atoms with van der Waals surface area (Å²) in [5, 5.41) is 5.67. The van der Waals surface area contributed by atoms with E-state index in [2.05, 4.69) is 10.1 Å². The number of likely N-dealkylation sites (tertiary alicyclic amines) is 1. The van der Waals surface area contributed by atoms with E-state index in [1.165, 1.54) is 16.0 Å². The van der Waals surface area contributed by atoms with E-state index in [1.807, 2.05) is 47.5 Å². The summed E-state index contributed by atoms with van der Waals surface area (Å²) < 4.78 is 1.49. The van der Waals surface area contributed by atoms with Gasteiger partial charge in [-0.3, -0.25) is 14.7 Å². The summed E-state index contributed by atoms with van der Waals surface area (Å²) in [4.78, 5) is 31.6. The van der Waals surface area contributed by atoms with E-state index < -0.39 is 0 Å². The van der Waals surface area contributed by atoms with Gasteiger partial charge in [-0.25, -0.2) is 4.98 Å². The Morgan fingerprint density at radius 2 is 1.96 bits per heavy atom. The van der Waals surface area contributed by atoms with Crippen LogP contribution in [-0.2, 0) is 11.2 Å². The standard InChI is InChI=1S/C20H22N4O2S/c1-14-16(9-10-18(25)23-11-5-6-12-23)19(26)24(22-14)20-21-17(13-27-20)15-7-3-2-4-8-15/h2-4,7-8,13,22H,5-6,9-12H2,1H3. The molecular weight excluding hydrogens is 360 g/mol. The predicted octanol–water partition coefficient (Wildman–Crippen LogP) is 3.15. The summed E-state index contributed by atoms with van der Waals surface area (Å²) in [5.41, 5.74) is 3.22. The number of nitrogens with one attached hydrogen (secondary N) is 1. The van der Waals surface area contributed by atoms with Crippen LogP contribution in [-0.4, -0.2) is 38.7 Å². The van der Waals surface area contributed by atoms with Gasteiger partial charge in [0.25, 0.3) is 5.56 Å². The van der Waals surface area contributed by atoms with E-state index in [1.54, 1.807) is 0 Å². The fourth-order valence-corrected chi connectivity index (χ4v) is 4.27. The minimum absolute atomic E-state index is 0.115. The number of H-pyrrole nitrogens is 1. The number of thiazole rings is 1. The van der Waals surface area contributed by atoms with Crippen LogP contribution in [0.25, 0.3) is 16.4 Å². The van der Waals surface area contributed by atoms with Crippen LogP contribution in [0.1, 0.15) is 30.5 Å². The smallest absolute Gasteiger partial charge is 0.276 e. The van der Waals surface area contributed by atoms with Gasteiger partial charge in [0.05, 0.1) is 5.69 Å². The molecule has 0 unspecified atom stereocenters. The molecule has 0 bridgehead atoms. The number of hydrogen-bond donors (Lipinski definition) is 1. The molecule has 0 aliphatic carbocycles. The lowest BCUT2D eigenvalue weighted by Crippen LogP contribution is -2.28. The van der Waals surface area contributed by atoms with E-state index in [-0.39, 0.29) is 11.5 Å². The maximum Gasteiger partial charge on any atom is 0.276 e. The van der Waals surface area contributed by atoms with E-state index in [0.29, 0.717) is 23.5 Å². The van der Waals surface area contributed by atoms with Crippen LogP contribution < -0.4 is 5.56 Å². The van der Waals surface area contributed by atoms with Crippen LogP contribution in [0.15, 0.2) is 40.5 Å². The van der Waals surface area contributed by atoms with E-state index in [4.69, 9.17) is 0 Å². The van der Waals surface area contributed by atoms with Gasteiger partial charge in [0.2, 0.25) is 11.0 Å². The summed E-state index contributed by atoms with van der Waals surface area (Å²) in [5.74, 6) is 0.139. The minimum Gasteiger partial charge on any atom is -0.343 e. The first kappa shape index (κ1) is 17.7. The molecule has 1 aromatic carbocycles. The van der Waals surface area contributed by atoms with Gasteiger partial charge in [0.15, 0.2) is 0 Å². The molecule has 4 rings (SSSR count). The molecule has 0 atom stereocenters. The van der Waals surface area contributed by atoms with Crippen molar-refractivity contribution >= 4 is 17.2 Å². The van der Waals surface area contributed by atoms with Crippen LogP contribution in [0.3, 0.4) is 0 Å². The van der Waals surface area contributed by atoms with Crippen molar-refractivity contribution in [3.05, 3.63) is 57.3 Å². The number of benzene rings is 1. The topological polar surface area (TPSA) is 71.0 Å². The largest absolute Gasteiger partial charge is 0.343 e. The Kier molecular flexibility index (Phi) is 4.94. The molecule has 6 nitrogen and oxygen atoms in total. The van der Waals surface area contributed by atoms with Crippen LogP contribution in [0.2, 0.25) is 0 Å². The number of aromatic nitrogens is 3. The zero-order valence-corrected chi connectivity index (χ0v) is 16.1. The molecule has 27 heavy (non-hydrogen) atoms. The highest BCUT2D eigenvalue weighted by Gasteiger charge is 2.20. The van der Waals surface area contributed by atoms with Gasteiger partial charge in [0.1, 0.15) is 0 Å². The first-order valence-electron chi connectivity index (χ1n) is 9.23. The zero-order valence-electron chi connectivity index (χ0n) is 15.3. The highest BCUT2D eigenvalue weighted by Crippen LogP contribution is 2.23. The highest BCUT2D eigenvalue weighted by molar-refractivity contribution is 7.12. The molecule has 1 saturated heterocycles. The second-order valence-electron chi connectivity index (χ2n) is 6.83. The SMILES string of the molecule is Cc1[nH]n(-c2nc(-c3ccccc3)cs2)c(=O)c1CCC(=O)N1CCCC1. The van der Waals surface area contributed by atoms with E-state index in [0.717, 1.165) is 42.9 Å². The Balaban J connectivity index is 1.53. The maximum atomic E-state index is 12.8. The summed E-state index contributed by atoms with van der Waals surface area (Å²) in [7, 11) is 0. The molecule has 1 aliphatic heterocycles. The summed E-state index contributed by atoms with van der Waals surface area (Å²) in [6.07, 6.45) is 2.99. The lowest BCUT2D eigenvalue weighted by molar-refractivity contribution is -0.130. The summed E-state index contributed by atoms with van der Waals surface area (Å²) in [6, 6.07) is 9.89. The third-order valence-electron chi connectivity index (χ3n) is 4.99. The molecule has 1 aliphatic rings. The third-order valence-corrected chi connectivity index (χ3v) is 5.82. The number of hydrogen-bond acceptors (Lipinski definition) is 4. The molecule has 7 heteroatoms. The van der Waals surface area contributed by atoms with Gasteiger partial charge in [0, 0.05) is 41.7 Å². The first-order valence-corrected chi connectivity index (χ1v) is 10.1. The monoisotopic (exact) mass is 382 g/mol. The van der Waals surface area contributed by atoms with Crippen LogP contribution in [0, 0.1) is 6.92 Å². The molecule has 3 aromatic rings. The van der Waals surface area contributed by atoms with Gasteiger partial charge in [-0.15, -0.1) is 11.3 Å². The fraction of sp³-hybridized carbons (Fsp3) is 0.350. The quantitative estimate of drug-likeness (QED) is 0.737. The Labute approximate surface area is 161 Å². The van der Waals surface area contributed by atoms with Gasteiger partial charge in [-0.2, -0.15) is 4.68 Å². The molecule has 0 saturated carbocycles. The van der Waals surface area contributed by atoms with Gasteiger partial charge in [-0.1, -0.05) is 30.3 Å². The minimum atomic E-state index is -0.115. The third kappa shape index (κ3) is 3.60. The Hall–Kier alpha value is -2.67. The first-order chi connectivity index (χ1) is 13.1. The van der Waals surface area contributed by atoms with Crippen molar-refractivity contribution in [2.75, 3.05) is 13.1 Å². The second kappa shape index (κ2) is 7.52. The molecular formula is C20H22N4O2S. The number of carbonyl (C=O) groups excluding carboxylic acids is 1. The van der Waals surface area contributed by atoms with Crippen molar-refractivity contribution < 1.29 is 4.79 Å². The normalized spacial score (nSPS) is 14.0. The van der Waals surface area contributed by atoms with Crippen molar-refractivity contribution in [1.29, 1.82) is 0 Å². The van der Waals surface area contributed by atoms with Crippen LogP contribution in [0.5, 0.6) is 0 Å². The zero-order chi connectivity index (χ0) is 18.8. The summed E-state index contributed by atoms with van der Waals surface area (Å²) in [6.45, 7) is 3.56. The molecule has 3 heterocycles. The van der Waals surface area contributed by atoms with Crippen molar-refractivity contribution in [3.63, 3.8) is 0 Å². The van der Waals surface area contributed by atoms with Gasteiger partial charge < -0.3 is 4.90 Å². The van der Waals surface area contributed by atoms with Crippen molar-refractivity contribution in [2.24, 2.45) is 0 Å². The number of rotatable bonds is 5. The lowest BCUT2D eigenvalue weighted by Gasteiger charge is -2.14. The molecule has 2 aromatic heterocycles. The predicted molar refractivity (Wildman–Crippen MR) is 106 cm³/mol. The second-order valence-corrected chi connectivity index (χ2v) is 7.66. The van der Waals surface area contributed by atoms with Gasteiger partial charge >= 0.3 is 0 Å². The van der Waals surface area contributed by atoms with Crippen LogP contribution >= 0.6 is 11.3 Å². The number of nitrogens with zero attached hydrogens (tertiary/aromatic N) is 3. The van der Waals surface area contributed by atoms with E-state index in [9.17, 15) is 9.59 Å². The van der Waals surface area contributed by atoms with Crippen molar-refractivity contribution in [1.82, 2.24) is 19.7 Å². The molecule has 0 radical (unpaired) electrons. The average Bonchev–Trinajstić information content (AvgIpc) is 3.42. The van der Waals surface area contributed by atoms with E-state index >= 15 is 0 Å². The molecule has 1 fully saturated rings. The highest BCUT2D eigenvalue weighted by atomic mass is 32.1. The van der Waals surface area contributed by atoms with Crippen molar-refractivity contribution in [3.8, 4) is 16.4 Å². The number of amides is 1. The molecule has 1 amide bonds. The molecule has 140 valence electrons. The Morgan fingerprint density at radius 3 is 2.70 bits per heavy atom. The average molecular weight is 382 g/mol. The van der Waals surface area contributed by atoms with Crippen molar-refractivity contribution in [2.45, 2.75) is 32.6 Å². The fourth-order valence-electron chi connectivity index (χ4n) is 3.48. The number of aryl methyl sites for hydroxylation is 1. The Bertz CT molecular complexity index is 997. The maximum absolute atomic E-state index is 12.8. The molecule has 0 spiro atoms. The number of carbonyl (C=O) groups is 1. The van der Waals surface area contributed by atoms with Crippen LogP contribution in [0.4, 0.5) is 0 Å². The molecule has 1 N–H and O–H groups in total. The number of aromatic amines is 1. The summed E-state index contributed by atoms with van der Waals surface area (Å²) >= 11 is 1.42. The Morgan fingerprint density at radius 1 is 1.22 bits per heavy atom. The van der Waals surface area contributed by atoms with Gasteiger partial charge in [-0.05, 0) is 26.2 Å². The lowest BCUT2D eigenvalue weighted by atomic mass is 10.1.